The first-order chi connectivity index (χ1) is 41.0. The first-order valence-corrected chi connectivity index (χ1v) is 29.6. The van der Waals surface area contributed by atoms with Crippen molar-refractivity contribution in [3.8, 4) is 0 Å². The predicted molar refractivity (Wildman–Crippen MR) is 320 cm³/mol. The van der Waals surface area contributed by atoms with Crippen LogP contribution < -0.4 is 10.6 Å². The number of nitrogens with one attached hydrogen (secondary N) is 2. The number of hydrogen-bond donors (Lipinski definition) is 5. The number of aromatic nitrogens is 1. The van der Waals surface area contributed by atoms with Gasteiger partial charge in [-0.25, -0.2) is 9.59 Å². The van der Waals surface area contributed by atoms with Gasteiger partial charge in [-0.2, -0.15) is 0 Å². The second-order valence-electron chi connectivity index (χ2n) is 24.6. The molecule has 1 amide bonds. The minimum Gasteiger partial charge on any atom is -0.456 e. The van der Waals surface area contributed by atoms with E-state index >= 15 is 4.79 Å². The summed E-state index contributed by atoms with van der Waals surface area (Å²) in [6, 6.07) is 41.7. The van der Waals surface area contributed by atoms with E-state index in [2.05, 4.69) is 82.5 Å². The maximum atomic E-state index is 15.5. The number of Topliss-reactive ketones (excluding diaryl/α,β-unsaturated/α-hetero) is 1. The molecule has 4 fully saturated rings. The van der Waals surface area contributed by atoms with E-state index in [1.165, 1.54) is 60.8 Å². The lowest BCUT2D eigenvalue weighted by Gasteiger charge is -2.67. The molecule has 5 N–H and O–H groups in total. The molecule has 18 heteroatoms. The lowest BCUT2D eigenvalue weighted by Crippen LogP contribution is -2.82. The molecule has 3 heterocycles. The monoisotopic (exact) mass is 1170 g/mol. The van der Waals surface area contributed by atoms with Crippen molar-refractivity contribution in [2.24, 2.45) is 16.7 Å². The number of ether oxygens (including phenoxy) is 5. The van der Waals surface area contributed by atoms with Gasteiger partial charge < -0.3 is 59.1 Å². The number of rotatable bonds is 14. The van der Waals surface area contributed by atoms with Crippen molar-refractivity contribution in [3.63, 3.8) is 0 Å². The number of aliphatic hydroxyl groups is 3. The first-order valence-electron chi connectivity index (χ1n) is 29.6. The number of aliphatic hydroxyl groups excluding tert-OH is 2. The van der Waals surface area contributed by atoms with Crippen molar-refractivity contribution >= 4 is 57.4 Å². The number of carbonyl (C=O) groups is 6. The second kappa shape index (κ2) is 24.7. The Labute approximate surface area is 500 Å². The maximum absolute atomic E-state index is 15.5. The van der Waals surface area contributed by atoms with Gasteiger partial charge in [0, 0.05) is 91.2 Å². The smallest absolute Gasteiger partial charge is 0.338 e. The van der Waals surface area contributed by atoms with Crippen molar-refractivity contribution in [2.75, 3.05) is 26.2 Å². The summed E-state index contributed by atoms with van der Waals surface area (Å²) in [5.41, 5.74) is -4.30. The van der Waals surface area contributed by atoms with E-state index in [0.29, 0.717) is 17.6 Å². The normalized spacial score (nSPS) is 29.2. The number of hydrogen-bond acceptors (Lipinski definition) is 16. The number of para-hydroxylation sites is 2. The number of piperazine rings is 1. The molecule has 2 saturated heterocycles. The topological polar surface area (TPSA) is 241 Å². The molecule has 3 aliphatic carbocycles. The summed E-state index contributed by atoms with van der Waals surface area (Å²) in [5, 5.41) is 46.6. The molecule has 2 saturated carbocycles. The van der Waals surface area contributed by atoms with Crippen molar-refractivity contribution < 1.29 is 67.8 Å². The molecule has 454 valence electrons. The lowest BCUT2D eigenvalue weighted by atomic mass is 9.44. The highest BCUT2D eigenvalue weighted by Gasteiger charge is 2.78. The van der Waals surface area contributed by atoms with Crippen LogP contribution in [0.4, 0.5) is 0 Å². The molecular formula is C68H78N4O14. The summed E-state index contributed by atoms with van der Waals surface area (Å²) in [6.45, 7) is 17.1. The van der Waals surface area contributed by atoms with Crippen molar-refractivity contribution in [1.29, 1.82) is 0 Å². The van der Waals surface area contributed by atoms with Crippen molar-refractivity contribution in [2.45, 2.75) is 147 Å². The molecule has 0 radical (unpaired) electrons. The van der Waals surface area contributed by atoms with Gasteiger partial charge in [-0.05, 0) is 93.8 Å². The molecule has 2 bridgehead atoms. The fraction of sp³-hybridized carbons (Fsp3) is 0.441. The number of carbonyl (C=O) groups excluding carboxylic acids is 6. The van der Waals surface area contributed by atoms with Gasteiger partial charge >= 0.3 is 23.9 Å². The highest BCUT2D eigenvalue weighted by molar-refractivity contribution is 6.08. The van der Waals surface area contributed by atoms with E-state index in [1.807, 2.05) is 0 Å². The SMILES string of the molecule is CC(=O)O[C@H]1C(=O)[C@@]2(C)[C@H]([C@H](OC(=O)c3ccccc3)[C@]3(O)C[C@H](OC(=O)[C@H](O)[C@@H](NC(=O)c4ccccc4)c4ccccc4)C(C)=C1C3(C)C)[C@]1(OC(C)=O)CO[C@@H]1C[C@@H]2O.C[C@@H]1CN(CCCn2c3ccccc3c3ccccc32)C[C@H](C)N1. The molecule has 11 rings (SSSR count). The average Bonchev–Trinajstić information content (AvgIpc) is 0.787. The number of ketones is 1. The Hall–Kier alpha value is -7.58. The molecule has 18 nitrogen and oxygen atoms in total. The van der Waals surface area contributed by atoms with Gasteiger partial charge in [-0.1, -0.05) is 117 Å². The quantitative estimate of drug-likeness (QED) is 0.0401. The van der Waals surface area contributed by atoms with Crippen LogP contribution in [0.15, 0.2) is 151 Å². The molecular weight excluding hydrogens is 1100 g/mol. The summed E-state index contributed by atoms with van der Waals surface area (Å²) in [7, 11) is 0. The zero-order chi connectivity index (χ0) is 61.5. The van der Waals surface area contributed by atoms with Crippen LogP contribution >= 0.6 is 0 Å². The van der Waals surface area contributed by atoms with Crippen LogP contribution in [0.25, 0.3) is 21.8 Å². The van der Waals surface area contributed by atoms with Gasteiger partial charge in [0.1, 0.15) is 23.9 Å². The number of amides is 1. The highest BCUT2D eigenvalue weighted by atomic mass is 16.6. The van der Waals surface area contributed by atoms with E-state index in [9.17, 15) is 39.3 Å². The number of nitrogens with zero attached hydrogens (tertiary/aromatic N) is 2. The van der Waals surface area contributed by atoms with Crippen LogP contribution in [0, 0.1) is 16.7 Å². The van der Waals surface area contributed by atoms with E-state index < -0.39 is 113 Å². The molecule has 6 aromatic rings. The second-order valence-corrected chi connectivity index (χ2v) is 24.6. The van der Waals surface area contributed by atoms with Gasteiger partial charge in [0.2, 0.25) is 0 Å². The van der Waals surface area contributed by atoms with Gasteiger partial charge in [-0.3, -0.25) is 19.2 Å². The van der Waals surface area contributed by atoms with Crippen LogP contribution in [0.1, 0.15) is 107 Å². The molecule has 13 atom stereocenters. The number of benzene rings is 5. The fourth-order valence-corrected chi connectivity index (χ4v) is 14.5. The highest BCUT2D eigenvalue weighted by Crippen LogP contribution is 2.64. The Morgan fingerprint density at radius 3 is 1.86 bits per heavy atom. The Kier molecular flexibility index (Phi) is 17.6. The molecule has 5 aliphatic rings. The molecule has 86 heavy (non-hydrogen) atoms. The third-order valence-electron chi connectivity index (χ3n) is 18.6. The minimum absolute atomic E-state index is 0.00289. The molecule has 0 spiro atoms. The zero-order valence-corrected chi connectivity index (χ0v) is 49.9. The van der Waals surface area contributed by atoms with E-state index in [0.717, 1.165) is 33.5 Å². The number of aryl methyl sites for hydroxylation is 1. The average molecular weight is 1180 g/mol. The Morgan fingerprint density at radius 1 is 0.744 bits per heavy atom. The molecule has 2 aliphatic heterocycles. The lowest BCUT2D eigenvalue weighted by molar-refractivity contribution is -0.346. The van der Waals surface area contributed by atoms with Crippen molar-refractivity contribution in [1.82, 2.24) is 20.1 Å². The van der Waals surface area contributed by atoms with Crippen LogP contribution in [0.3, 0.4) is 0 Å². The summed E-state index contributed by atoms with van der Waals surface area (Å²) < 4.78 is 32.8. The van der Waals surface area contributed by atoms with Gasteiger partial charge in [-0.15, -0.1) is 0 Å². The largest absolute Gasteiger partial charge is 0.456 e. The first kappa shape index (κ1) is 61.5. The van der Waals surface area contributed by atoms with E-state index in [-0.39, 0.29) is 35.3 Å². The predicted octanol–water partition coefficient (Wildman–Crippen LogP) is 7.60. The third-order valence-corrected chi connectivity index (χ3v) is 18.6. The summed E-state index contributed by atoms with van der Waals surface area (Å²) in [6.07, 6.45) is -9.32. The third kappa shape index (κ3) is 11.4. The number of esters is 4. The van der Waals surface area contributed by atoms with E-state index in [4.69, 9.17) is 23.7 Å². The van der Waals surface area contributed by atoms with Crippen molar-refractivity contribution in [3.05, 3.63) is 167 Å². The number of fused-ring (bicyclic) bond motifs is 8. The molecule has 0 unspecified atom stereocenters. The van der Waals surface area contributed by atoms with Crippen LogP contribution in [0.2, 0.25) is 0 Å². The summed E-state index contributed by atoms with van der Waals surface area (Å²) in [5.74, 6) is -6.84. The van der Waals surface area contributed by atoms with E-state index in [1.54, 1.807) is 92.7 Å². The Bertz CT molecular complexity index is 3470. The molecule has 5 aromatic carbocycles. The zero-order valence-electron chi connectivity index (χ0n) is 49.9. The van der Waals surface area contributed by atoms with Gasteiger partial charge in [0.15, 0.2) is 23.6 Å². The van der Waals surface area contributed by atoms with Crippen LogP contribution in [-0.2, 0) is 49.4 Å². The van der Waals surface area contributed by atoms with Gasteiger partial charge in [0.05, 0.1) is 35.6 Å². The van der Waals surface area contributed by atoms with Gasteiger partial charge in [0.25, 0.3) is 5.91 Å². The molecule has 1 aromatic heterocycles. The Balaban J connectivity index is 0.000000282. The summed E-state index contributed by atoms with van der Waals surface area (Å²) in [4.78, 5) is 86.1. The standard InChI is InChI=1S/C47H51NO14.C21H27N3/c1-25-31(60-43(56)36(52)35(28-16-10-7-11-17-28)48-41(54)29-18-12-8-13-19-29)23-47(57)40(61-42(55)30-20-14-9-15-21-30)38-45(6,32(51)22-33-46(38,24-58-33)62-27(3)50)39(53)37(59-26(2)49)34(25)44(47,4)5;1-16-14-23(15-17(2)22-16)12-7-13-24-20-10-5-3-8-18(20)19-9-4-6-11-21(19)24/h7-21,31-33,35-38,40,51-52,57H,22-24H2,1-6H3,(H,48,54);3-6,8-11,16-17,22H,7,12-15H2,1-2H3/t31-,32-,33+,35-,36+,37+,38-,40-,45+,46-,47+;16-,17+/m0./s1. The summed E-state index contributed by atoms with van der Waals surface area (Å²) >= 11 is 0. The Morgan fingerprint density at radius 2 is 1.30 bits per heavy atom. The fourth-order valence-electron chi connectivity index (χ4n) is 14.5. The minimum atomic E-state index is -2.39. The maximum Gasteiger partial charge on any atom is 0.338 e. The van der Waals surface area contributed by atoms with Crippen LogP contribution in [0.5, 0.6) is 0 Å². The van der Waals surface area contributed by atoms with Crippen LogP contribution in [-0.4, -0.2) is 147 Å².